The fourth-order valence-corrected chi connectivity index (χ4v) is 3.50. The van der Waals surface area contributed by atoms with Crippen LogP contribution in [0.25, 0.3) is 0 Å². The van der Waals surface area contributed by atoms with E-state index in [0.29, 0.717) is 4.31 Å². The quantitative estimate of drug-likeness (QED) is 0.643. The molecule has 0 aromatic carbocycles. The predicted molar refractivity (Wildman–Crippen MR) is 96.4 cm³/mol. The first-order valence-corrected chi connectivity index (χ1v) is 9.70. The molecule has 3 N–H and O–H groups in total. The van der Waals surface area contributed by atoms with Gasteiger partial charge in [0, 0.05) is 18.7 Å². The van der Waals surface area contributed by atoms with Crippen molar-refractivity contribution in [3.63, 3.8) is 0 Å². The summed E-state index contributed by atoms with van der Waals surface area (Å²) in [6.45, 7) is -1.97. The van der Waals surface area contributed by atoms with Crippen molar-refractivity contribution < 1.29 is 26.9 Å². The lowest BCUT2D eigenvalue weighted by atomic mass is 10.0. The van der Waals surface area contributed by atoms with Gasteiger partial charge >= 0.3 is 0 Å². The number of hydrogen-bond donors (Lipinski definition) is 2. The average molecular weight is 398 g/mol. The molecule has 147 valence electrons. The molecular formula is C17H23N4O5S. The minimum atomic E-state index is -4.46. The summed E-state index contributed by atoms with van der Waals surface area (Å²) >= 11 is 0. The Balaban J connectivity index is 2.25. The largest absolute Gasteiger partial charge is 0.369 e. The van der Waals surface area contributed by atoms with E-state index in [-0.39, 0.29) is 25.8 Å². The lowest BCUT2D eigenvalue weighted by Gasteiger charge is -2.19. The normalized spacial score (nSPS) is 26.1. The van der Waals surface area contributed by atoms with Crippen LogP contribution in [0.4, 0.5) is 0 Å². The highest BCUT2D eigenvalue weighted by atomic mass is 32.2. The molecule has 1 radical (unpaired) electrons. The number of sulfonamides is 1. The number of nitrogens with one attached hydrogen (secondary N) is 1. The van der Waals surface area contributed by atoms with Crippen LogP contribution in [-0.4, -0.2) is 54.4 Å². The van der Waals surface area contributed by atoms with E-state index in [1.807, 2.05) is 0 Å². The highest BCUT2D eigenvalue weighted by Gasteiger charge is 2.33. The van der Waals surface area contributed by atoms with Crippen molar-refractivity contribution in [1.29, 1.82) is 0 Å². The molecule has 1 aliphatic heterocycles. The first-order chi connectivity index (χ1) is 13.8. The SMILES string of the molecule is [2H]C1([2H])C(=O)[C@@]([2H])(NC(=O)[CH]CC(C)C(N)=O)CCCN1S(=O)(=O)c1ccccn1. The molecule has 2 amide bonds. The maximum Gasteiger partial charge on any atom is 0.260 e. The Morgan fingerprint density at radius 3 is 2.93 bits per heavy atom. The van der Waals surface area contributed by atoms with E-state index in [2.05, 4.69) is 10.3 Å². The zero-order valence-electron chi connectivity index (χ0n) is 17.7. The second-order valence-electron chi connectivity index (χ2n) is 6.00. The second kappa shape index (κ2) is 9.05. The van der Waals surface area contributed by atoms with E-state index in [4.69, 9.17) is 9.85 Å². The summed E-state index contributed by atoms with van der Waals surface area (Å²) in [7, 11) is -4.46. The number of hydrogen-bond acceptors (Lipinski definition) is 6. The number of Topliss-reactive ketones (excluding diaryl/α,β-unsaturated/α-hetero) is 1. The zero-order chi connectivity index (χ0) is 22.7. The lowest BCUT2D eigenvalue weighted by Crippen LogP contribution is -2.44. The fourth-order valence-electron chi connectivity index (χ4n) is 2.26. The Morgan fingerprint density at radius 2 is 2.30 bits per heavy atom. The van der Waals surface area contributed by atoms with Gasteiger partial charge in [0.25, 0.3) is 10.0 Å². The van der Waals surface area contributed by atoms with Crippen molar-refractivity contribution in [1.82, 2.24) is 14.6 Å². The van der Waals surface area contributed by atoms with Crippen LogP contribution in [0, 0.1) is 12.3 Å². The summed E-state index contributed by atoms with van der Waals surface area (Å²) in [5, 5.41) is 1.71. The predicted octanol–water partition coefficient (Wildman–Crippen LogP) is -0.364. The van der Waals surface area contributed by atoms with Gasteiger partial charge in [-0.1, -0.05) is 13.0 Å². The Bertz CT molecular complexity index is 929. The molecule has 1 aromatic rings. The number of primary amides is 1. The number of nitrogens with zero attached hydrogens (tertiary/aromatic N) is 2. The molecule has 9 nitrogen and oxygen atoms in total. The van der Waals surface area contributed by atoms with Gasteiger partial charge in [-0.15, -0.1) is 0 Å². The maximum atomic E-state index is 12.9. The smallest absolute Gasteiger partial charge is 0.260 e. The molecule has 1 aliphatic rings. The average Bonchev–Trinajstić information content (AvgIpc) is 2.76. The molecule has 0 saturated carbocycles. The fraction of sp³-hybridized carbons (Fsp3) is 0.471. The number of amides is 2. The number of rotatable bonds is 7. The van der Waals surface area contributed by atoms with Gasteiger partial charge < -0.3 is 11.1 Å². The van der Waals surface area contributed by atoms with E-state index in [0.717, 1.165) is 6.42 Å². The Morgan fingerprint density at radius 1 is 1.56 bits per heavy atom. The number of carbonyl (C=O) groups excluding carboxylic acids is 3. The van der Waals surface area contributed by atoms with Gasteiger partial charge in [-0.05, 0) is 31.4 Å². The molecule has 1 unspecified atom stereocenters. The van der Waals surface area contributed by atoms with Crippen LogP contribution in [0.5, 0.6) is 0 Å². The van der Waals surface area contributed by atoms with Crippen LogP contribution in [0.15, 0.2) is 29.4 Å². The zero-order valence-corrected chi connectivity index (χ0v) is 15.5. The van der Waals surface area contributed by atoms with Crippen molar-refractivity contribution in [2.45, 2.75) is 37.2 Å². The number of carbonyl (C=O) groups is 3. The van der Waals surface area contributed by atoms with E-state index >= 15 is 0 Å². The molecule has 2 heterocycles. The summed E-state index contributed by atoms with van der Waals surface area (Å²) in [6, 6.07) is 1.68. The molecule has 27 heavy (non-hydrogen) atoms. The third-order valence-electron chi connectivity index (χ3n) is 3.90. The topological polar surface area (TPSA) is 140 Å². The summed E-state index contributed by atoms with van der Waals surface area (Å²) < 4.78 is 50.7. The van der Waals surface area contributed by atoms with Gasteiger partial charge in [-0.25, -0.2) is 13.4 Å². The number of pyridine rings is 1. The van der Waals surface area contributed by atoms with Crippen LogP contribution < -0.4 is 11.1 Å². The summed E-state index contributed by atoms with van der Waals surface area (Å²) in [4.78, 5) is 39.8. The molecule has 2 atom stereocenters. The molecule has 0 spiro atoms. The van der Waals surface area contributed by atoms with E-state index in [1.54, 1.807) is 0 Å². The molecule has 0 bridgehead atoms. The first kappa shape index (κ1) is 16.8. The third kappa shape index (κ3) is 5.57. The molecular weight excluding hydrogens is 372 g/mol. The Hall–Kier alpha value is -2.33. The number of ketones is 1. The van der Waals surface area contributed by atoms with Crippen LogP contribution in [-0.2, 0) is 24.4 Å². The number of aromatic nitrogens is 1. The minimum Gasteiger partial charge on any atom is -0.369 e. The standard InChI is InChI=1S/C17H23N4O5S/c1-12(17(18)24)7-8-15(23)20-13-5-4-10-21(11-14(13)22)27(25,26)16-6-2-3-9-19-16/h2-3,6,8-9,12-13H,4-5,7,10-11H2,1H3,(H2,18,24)(H,20,23)/t12?,13-/m0/s1/i11D2,13D. The van der Waals surface area contributed by atoms with Crippen LogP contribution in [0.1, 0.15) is 30.3 Å². The van der Waals surface area contributed by atoms with Gasteiger partial charge in [-0.2, -0.15) is 4.31 Å². The molecule has 1 fully saturated rings. The highest BCUT2D eigenvalue weighted by molar-refractivity contribution is 7.89. The van der Waals surface area contributed by atoms with Crippen LogP contribution in [0.2, 0.25) is 0 Å². The third-order valence-corrected chi connectivity index (χ3v) is 5.52. The van der Waals surface area contributed by atoms with Crippen LogP contribution >= 0.6 is 0 Å². The molecule has 1 aromatic heterocycles. The minimum absolute atomic E-state index is 0.0293. The van der Waals surface area contributed by atoms with E-state index in [1.165, 1.54) is 31.3 Å². The van der Waals surface area contributed by atoms with Crippen molar-refractivity contribution in [2.24, 2.45) is 11.7 Å². The van der Waals surface area contributed by atoms with Gasteiger partial charge in [-0.3, -0.25) is 14.4 Å². The number of nitrogens with two attached hydrogens (primary N) is 1. The molecule has 2 rings (SSSR count). The summed E-state index contributed by atoms with van der Waals surface area (Å²) in [5.74, 6) is -3.55. The van der Waals surface area contributed by atoms with Gasteiger partial charge in [0.1, 0.15) is 0 Å². The lowest BCUT2D eigenvalue weighted by molar-refractivity contribution is -0.126. The van der Waals surface area contributed by atoms with Gasteiger partial charge in [0.15, 0.2) is 10.8 Å². The molecule has 0 aliphatic carbocycles. The Labute approximate surface area is 162 Å². The highest BCUT2D eigenvalue weighted by Crippen LogP contribution is 2.18. The van der Waals surface area contributed by atoms with Crippen molar-refractivity contribution in [2.75, 3.05) is 13.0 Å². The monoisotopic (exact) mass is 398 g/mol. The molecule has 10 heteroatoms. The van der Waals surface area contributed by atoms with Crippen LogP contribution in [0.3, 0.4) is 0 Å². The van der Waals surface area contributed by atoms with E-state index in [9.17, 15) is 22.8 Å². The Kier molecular flexibility index (Phi) is 5.63. The van der Waals surface area contributed by atoms with Crippen molar-refractivity contribution in [3.05, 3.63) is 30.8 Å². The first-order valence-electron chi connectivity index (χ1n) is 9.76. The second-order valence-corrected chi connectivity index (χ2v) is 7.81. The van der Waals surface area contributed by atoms with Crippen molar-refractivity contribution in [3.8, 4) is 0 Å². The maximum absolute atomic E-state index is 12.9. The summed E-state index contributed by atoms with van der Waals surface area (Å²) in [5.41, 5.74) is 5.12. The van der Waals surface area contributed by atoms with Gasteiger partial charge in [0.05, 0.1) is 23.0 Å². The summed E-state index contributed by atoms with van der Waals surface area (Å²) in [6.07, 6.45) is 1.88. The van der Waals surface area contributed by atoms with Crippen molar-refractivity contribution >= 4 is 27.6 Å². The molecule has 1 saturated heterocycles. The van der Waals surface area contributed by atoms with E-state index < -0.39 is 51.1 Å². The van der Waals surface area contributed by atoms with Gasteiger partial charge in [0.2, 0.25) is 11.8 Å².